The van der Waals surface area contributed by atoms with Crippen molar-refractivity contribution in [2.45, 2.75) is 52.0 Å². The molecule has 1 aliphatic rings. The Morgan fingerprint density at radius 1 is 1.44 bits per heavy atom. The van der Waals surface area contributed by atoms with Gasteiger partial charge in [0.2, 0.25) is 0 Å². The van der Waals surface area contributed by atoms with Gasteiger partial charge < -0.3 is 0 Å². The summed E-state index contributed by atoms with van der Waals surface area (Å²) in [5, 5.41) is 4.53. The molecule has 0 spiro atoms. The normalized spacial score (nSPS) is 26.2. The van der Waals surface area contributed by atoms with Gasteiger partial charge in [-0.1, -0.05) is 26.7 Å². The number of aryl methyl sites for hydroxylation is 2. The third-order valence-electron chi connectivity index (χ3n) is 4.32. The second-order valence-corrected chi connectivity index (χ2v) is 5.72. The predicted octanol–water partition coefficient (Wildman–Crippen LogP) is 2.31. The summed E-state index contributed by atoms with van der Waals surface area (Å²) in [6.07, 6.45) is 8.29. The molecule has 1 saturated carbocycles. The Morgan fingerprint density at radius 2 is 2.11 bits per heavy atom. The minimum Gasteiger partial charge on any atom is -0.275 e. The van der Waals surface area contributed by atoms with Crippen LogP contribution >= 0.6 is 0 Å². The number of rotatable bonds is 4. The van der Waals surface area contributed by atoms with E-state index in [1.807, 2.05) is 11.7 Å². The summed E-state index contributed by atoms with van der Waals surface area (Å²) < 4.78 is 1.91. The van der Waals surface area contributed by atoms with E-state index in [4.69, 9.17) is 5.84 Å². The van der Waals surface area contributed by atoms with Crippen LogP contribution in [0.25, 0.3) is 0 Å². The molecular formula is C14H26N4. The van der Waals surface area contributed by atoms with Crippen LogP contribution in [0.15, 0.2) is 6.20 Å². The van der Waals surface area contributed by atoms with Gasteiger partial charge in [0, 0.05) is 18.8 Å². The average Bonchev–Trinajstić information content (AvgIpc) is 2.74. The van der Waals surface area contributed by atoms with Crippen LogP contribution in [0.1, 0.15) is 56.8 Å². The number of hydrogen-bond acceptors (Lipinski definition) is 3. The van der Waals surface area contributed by atoms with E-state index in [9.17, 15) is 0 Å². The van der Waals surface area contributed by atoms with E-state index >= 15 is 0 Å². The topological polar surface area (TPSA) is 55.9 Å². The molecule has 0 aromatic carbocycles. The van der Waals surface area contributed by atoms with Crippen molar-refractivity contribution in [1.82, 2.24) is 15.2 Å². The number of nitrogens with two attached hydrogens (primary N) is 1. The largest absolute Gasteiger partial charge is 0.275 e. The van der Waals surface area contributed by atoms with Gasteiger partial charge in [-0.15, -0.1) is 0 Å². The van der Waals surface area contributed by atoms with Crippen LogP contribution in [0, 0.1) is 11.8 Å². The molecule has 1 heterocycles. The van der Waals surface area contributed by atoms with Gasteiger partial charge in [-0.2, -0.15) is 5.10 Å². The molecule has 0 aliphatic heterocycles. The summed E-state index contributed by atoms with van der Waals surface area (Å²) >= 11 is 0. The lowest BCUT2D eigenvalue weighted by Gasteiger charge is -2.32. The second kappa shape index (κ2) is 5.85. The van der Waals surface area contributed by atoms with E-state index in [2.05, 4.69) is 30.6 Å². The van der Waals surface area contributed by atoms with Crippen LogP contribution in [0.3, 0.4) is 0 Å². The first-order valence-corrected chi connectivity index (χ1v) is 7.14. The number of hydrazine groups is 1. The van der Waals surface area contributed by atoms with Gasteiger partial charge in [0.25, 0.3) is 0 Å². The van der Waals surface area contributed by atoms with E-state index in [0.29, 0.717) is 5.92 Å². The maximum atomic E-state index is 5.82. The smallest absolute Gasteiger partial charge is 0.0670 e. The highest BCUT2D eigenvalue weighted by Gasteiger charge is 2.28. The second-order valence-electron chi connectivity index (χ2n) is 5.72. The van der Waals surface area contributed by atoms with Crippen molar-refractivity contribution in [3.8, 4) is 0 Å². The maximum Gasteiger partial charge on any atom is 0.0670 e. The van der Waals surface area contributed by atoms with Gasteiger partial charge in [0.05, 0.1) is 11.7 Å². The molecule has 102 valence electrons. The minimum absolute atomic E-state index is 0.265. The lowest BCUT2D eigenvalue weighted by Crippen LogP contribution is -2.35. The van der Waals surface area contributed by atoms with Gasteiger partial charge in [-0.25, -0.2) is 0 Å². The number of hydrogen-bond donors (Lipinski definition) is 2. The molecule has 4 heteroatoms. The zero-order valence-electron chi connectivity index (χ0n) is 11.8. The van der Waals surface area contributed by atoms with Crippen molar-refractivity contribution in [3.05, 3.63) is 17.5 Å². The van der Waals surface area contributed by atoms with Gasteiger partial charge in [0.1, 0.15) is 0 Å². The Hall–Kier alpha value is -0.870. The quantitative estimate of drug-likeness (QED) is 0.637. The van der Waals surface area contributed by atoms with E-state index in [0.717, 1.165) is 12.3 Å². The molecule has 3 N–H and O–H groups in total. The van der Waals surface area contributed by atoms with Crippen LogP contribution in [0.4, 0.5) is 0 Å². The SMILES string of the molecule is CCc1nn(C)cc1C(NN)C1CCC(C)CC1. The summed E-state index contributed by atoms with van der Waals surface area (Å²) in [6.45, 7) is 4.50. The Bertz CT molecular complexity index is 377. The van der Waals surface area contributed by atoms with E-state index < -0.39 is 0 Å². The molecule has 0 radical (unpaired) electrons. The average molecular weight is 250 g/mol. The highest BCUT2D eigenvalue weighted by molar-refractivity contribution is 5.22. The first kappa shape index (κ1) is 13.6. The van der Waals surface area contributed by atoms with Crippen molar-refractivity contribution >= 4 is 0 Å². The Morgan fingerprint density at radius 3 is 2.67 bits per heavy atom. The van der Waals surface area contributed by atoms with Gasteiger partial charge in [-0.05, 0) is 31.1 Å². The Labute approximate surface area is 110 Å². The third-order valence-corrected chi connectivity index (χ3v) is 4.32. The highest BCUT2D eigenvalue weighted by atomic mass is 15.3. The number of nitrogens with one attached hydrogen (secondary N) is 1. The van der Waals surface area contributed by atoms with E-state index in [1.165, 1.54) is 36.9 Å². The van der Waals surface area contributed by atoms with Gasteiger partial charge in [0.15, 0.2) is 0 Å². The fraction of sp³-hybridized carbons (Fsp3) is 0.786. The molecule has 1 unspecified atom stereocenters. The first-order valence-electron chi connectivity index (χ1n) is 7.14. The molecule has 4 nitrogen and oxygen atoms in total. The molecule has 18 heavy (non-hydrogen) atoms. The fourth-order valence-electron chi connectivity index (χ4n) is 3.19. The molecule has 2 rings (SSSR count). The van der Waals surface area contributed by atoms with E-state index in [-0.39, 0.29) is 6.04 Å². The predicted molar refractivity (Wildman–Crippen MR) is 73.8 cm³/mol. The fourth-order valence-corrected chi connectivity index (χ4v) is 3.19. The molecular weight excluding hydrogens is 224 g/mol. The zero-order valence-corrected chi connectivity index (χ0v) is 11.8. The molecule has 1 aromatic heterocycles. The molecule has 1 atom stereocenters. The zero-order chi connectivity index (χ0) is 13.1. The molecule has 0 amide bonds. The Kier molecular flexibility index (Phi) is 4.40. The summed E-state index contributed by atoms with van der Waals surface area (Å²) in [4.78, 5) is 0. The van der Waals surface area contributed by atoms with Gasteiger partial charge >= 0.3 is 0 Å². The van der Waals surface area contributed by atoms with E-state index in [1.54, 1.807) is 0 Å². The summed E-state index contributed by atoms with van der Waals surface area (Å²) in [6, 6.07) is 0.265. The highest BCUT2D eigenvalue weighted by Crippen LogP contribution is 2.37. The first-order chi connectivity index (χ1) is 8.65. The summed E-state index contributed by atoms with van der Waals surface area (Å²) in [7, 11) is 1.99. The molecule has 0 bridgehead atoms. The summed E-state index contributed by atoms with van der Waals surface area (Å²) in [5.74, 6) is 7.34. The van der Waals surface area contributed by atoms with Crippen molar-refractivity contribution < 1.29 is 0 Å². The van der Waals surface area contributed by atoms with Crippen LogP contribution in [-0.4, -0.2) is 9.78 Å². The van der Waals surface area contributed by atoms with Gasteiger partial charge in [-0.3, -0.25) is 16.0 Å². The Balaban J connectivity index is 2.16. The molecule has 1 aliphatic carbocycles. The molecule has 0 saturated heterocycles. The molecule has 1 fully saturated rings. The van der Waals surface area contributed by atoms with Crippen LogP contribution < -0.4 is 11.3 Å². The monoisotopic (exact) mass is 250 g/mol. The van der Waals surface area contributed by atoms with Crippen molar-refractivity contribution in [3.63, 3.8) is 0 Å². The lowest BCUT2D eigenvalue weighted by atomic mass is 9.77. The van der Waals surface area contributed by atoms with Crippen LogP contribution in [0.2, 0.25) is 0 Å². The van der Waals surface area contributed by atoms with Crippen molar-refractivity contribution in [2.24, 2.45) is 24.7 Å². The van der Waals surface area contributed by atoms with Crippen molar-refractivity contribution in [1.29, 1.82) is 0 Å². The number of nitrogens with zero attached hydrogens (tertiary/aromatic N) is 2. The molecule has 1 aromatic rings. The van der Waals surface area contributed by atoms with Crippen molar-refractivity contribution in [2.75, 3.05) is 0 Å². The standard InChI is InChI=1S/C14H26N4/c1-4-13-12(9-18(3)17-13)14(16-15)11-7-5-10(2)6-8-11/h9-11,14,16H,4-8,15H2,1-3H3. The minimum atomic E-state index is 0.265. The third kappa shape index (κ3) is 2.75. The maximum absolute atomic E-state index is 5.82. The number of aromatic nitrogens is 2. The van der Waals surface area contributed by atoms with Crippen LogP contribution in [0.5, 0.6) is 0 Å². The lowest BCUT2D eigenvalue weighted by molar-refractivity contribution is 0.232. The summed E-state index contributed by atoms with van der Waals surface area (Å²) in [5.41, 5.74) is 5.51. The van der Waals surface area contributed by atoms with Crippen LogP contribution in [-0.2, 0) is 13.5 Å².